The van der Waals surface area contributed by atoms with Crippen LogP contribution in [0.15, 0.2) is 12.1 Å². The quantitative estimate of drug-likeness (QED) is 0.842. The zero-order valence-corrected chi connectivity index (χ0v) is 11.6. The van der Waals surface area contributed by atoms with E-state index in [0.29, 0.717) is 11.4 Å². The van der Waals surface area contributed by atoms with Gasteiger partial charge in [-0.3, -0.25) is 0 Å². The fraction of sp³-hybridized carbons (Fsp3) is 0.571. The van der Waals surface area contributed by atoms with Crippen molar-refractivity contribution in [3.63, 3.8) is 0 Å². The highest BCUT2D eigenvalue weighted by Crippen LogP contribution is 2.18. The molecule has 0 saturated carbocycles. The van der Waals surface area contributed by atoms with Crippen molar-refractivity contribution in [2.75, 3.05) is 11.9 Å². The molecule has 0 aliphatic heterocycles. The van der Waals surface area contributed by atoms with E-state index in [1.54, 1.807) is 12.1 Å². The molecule has 1 aromatic rings. The predicted octanol–water partition coefficient (Wildman–Crippen LogP) is 3.19. The summed E-state index contributed by atoms with van der Waals surface area (Å²) in [5, 5.41) is 12.2. The summed E-state index contributed by atoms with van der Waals surface area (Å²) in [6.07, 6.45) is 1.74. The summed E-state index contributed by atoms with van der Waals surface area (Å²) < 4.78 is 0. The van der Waals surface area contributed by atoms with Gasteiger partial charge in [0.1, 0.15) is 5.82 Å². The highest BCUT2D eigenvalue weighted by molar-refractivity contribution is 5.88. The molecule has 0 aliphatic carbocycles. The van der Waals surface area contributed by atoms with Crippen LogP contribution in [-0.2, 0) is 6.42 Å². The average molecular weight is 250 g/mol. The van der Waals surface area contributed by atoms with Crippen molar-refractivity contribution in [2.24, 2.45) is 5.41 Å². The molecule has 4 nitrogen and oxygen atoms in total. The van der Waals surface area contributed by atoms with Crippen LogP contribution in [0.1, 0.15) is 50.2 Å². The highest BCUT2D eigenvalue weighted by atomic mass is 16.4. The molecule has 1 heterocycles. The van der Waals surface area contributed by atoms with Gasteiger partial charge in [-0.2, -0.15) is 0 Å². The first-order chi connectivity index (χ1) is 8.31. The molecule has 0 spiro atoms. The van der Waals surface area contributed by atoms with Gasteiger partial charge in [-0.25, -0.2) is 9.78 Å². The number of carboxylic acid groups (broad SMARTS) is 1. The van der Waals surface area contributed by atoms with Crippen LogP contribution in [0, 0.1) is 5.41 Å². The Morgan fingerprint density at radius 3 is 2.56 bits per heavy atom. The Balaban J connectivity index is 2.76. The monoisotopic (exact) mass is 250 g/mol. The third kappa shape index (κ3) is 4.73. The molecule has 0 fully saturated rings. The van der Waals surface area contributed by atoms with Crippen molar-refractivity contribution < 1.29 is 9.90 Å². The summed E-state index contributed by atoms with van der Waals surface area (Å²) >= 11 is 0. The molecule has 0 saturated heterocycles. The topological polar surface area (TPSA) is 62.2 Å². The number of anilines is 1. The van der Waals surface area contributed by atoms with E-state index in [2.05, 4.69) is 31.1 Å². The Bertz CT molecular complexity index is 422. The molecule has 0 aliphatic rings. The lowest BCUT2D eigenvalue weighted by atomic mass is 9.92. The molecule has 0 unspecified atom stereocenters. The van der Waals surface area contributed by atoms with E-state index in [-0.39, 0.29) is 5.41 Å². The van der Waals surface area contributed by atoms with Gasteiger partial charge in [0.25, 0.3) is 0 Å². The zero-order chi connectivity index (χ0) is 13.8. The SMILES string of the molecule is CCc1cc(C(=O)O)cc(NCCC(C)(C)C)n1. The predicted molar refractivity (Wildman–Crippen MR) is 73.1 cm³/mol. The van der Waals surface area contributed by atoms with E-state index in [0.717, 1.165) is 25.1 Å². The molecule has 4 heteroatoms. The maximum Gasteiger partial charge on any atom is 0.335 e. The number of hydrogen-bond acceptors (Lipinski definition) is 3. The van der Waals surface area contributed by atoms with Gasteiger partial charge in [0, 0.05) is 12.2 Å². The van der Waals surface area contributed by atoms with Crippen LogP contribution < -0.4 is 5.32 Å². The molecular weight excluding hydrogens is 228 g/mol. The van der Waals surface area contributed by atoms with Crippen LogP contribution in [0.2, 0.25) is 0 Å². The van der Waals surface area contributed by atoms with E-state index >= 15 is 0 Å². The first-order valence-corrected chi connectivity index (χ1v) is 6.30. The van der Waals surface area contributed by atoms with Gasteiger partial charge in [0.05, 0.1) is 5.56 Å². The molecule has 0 atom stereocenters. The number of hydrogen-bond donors (Lipinski definition) is 2. The molecule has 100 valence electrons. The van der Waals surface area contributed by atoms with Gasteiger partial charge in [-0.05, 0) is 30.4 Å². The van der Waals surface area contributed by atoms with Crippen LogP contribution in [0.3, 0.4) is 0 Å². The Kier molecular flexibility index (Phi) is 4.70. The molecule has 0 amide bonds. The lowest BCUT2D eigenvalue weighted by Crippen LogP contribution is -2.14. The fourth-order valence-electron chi connectivity index (χ4n) is 1.55. The van der Waals surface area contributed by atoms with E-state index in [4.69, 9.17) is 5.11 Å². The average Bonchev–Trinajstić information content (AvgIpc) is 2.26. The normalized spacial score (nSPS) is 11.3. The summed E-state index contributed by atoms with van der Waals surface area (Å²) in [6, 6.07) is 3.21. The molecule has 1 rings (SSSR count). The van der Waals surface area contributed by atoms with Gasteiger partial charge in [-0.15, -0.1) is 0 Å². The Morgan fingerprint density at radius 2 is 2.06 bits per heavy atom. The highest BCUT2D eigenvalue weighted by Gasteiger charge is 2.11. The number of aromatic nitrogens is 1. The van der Waals surface area contributed by atoms with E-state index < -0.39 is 5.97 Å². The molecule has 1 aromatic heterocycles. The van der Waals surface area contributed by atoms with Crippen LogP contribution in [0.4, 0.5) is 5.82 Å². The van der Waals surface area contributed by atoms with Crippen molar-refractivity contribution in [2.45, 2.75) is 40.5 Å². The maximum atomic E-state index is 11.0. The smallest absolute Gasteiger partial charge is 0.335 e. The minimum Gasteiger partial charge on any atom is -0.478 e. The minimum absolute atomic E-state index is 0.255. The van der Waals surface area contributed by atoms with Crippen LogP contribution in [0.5, 0.6) is 0 Å². The Hall–Kier alpha value is -1.58. The molecule has 0 bridgehead atoms. The van der Waals surface area contributed by atoms with Crippen molar-refractivity contribution in [1.29, 1.82) is 0 Å². The second-order valence-electron chi connectivity index (χ2n) is 5.63. The van der Waals surface area contributed by atoms with Gasteiger partial charge < -0.3 is 10.4 Å². The summed E-state index contributed by atoms with van der Waals surface area (Å²) in [5.41, 5.74) is 1.35. The first kappa shape index (κ1) is 14.5. The molecule has 18 heavy (non-hydrogen) atoms. The summed E-state index contributed by atoms with van der Waals surface area (Å²) in [7, 11) is 0. The Labute approximate surface area is 108 Å². The third-order valence-electron chi connectivity index (χ3n) is 2.67. The number of aromatic carboxylic acids is 1. The van der Waals surface area contributed by atoms with Gasteiger partial charge in [-0.1, -0.05) is 27.7 Å². The number of nitrogens with zero attached hydrogens (tertiary/aromatic N) is 1. The molecular formula is C14H22N2O2. The molecule has 2 N–H and O–H groups in total. The van der Waals surface area contributed by atoms with Crippen molar-refractivity contribution in [1.82, 2.24) is 4.98 Å². The Morgan fingerprint density at radius 1 is 1.39 bits per heavy atom. The lowest BCUT2D eigenvalue weighted by molar-refractivity contribution is 0.0696. The number of carboxylic acids is 1. The van der Waals surface area contributed by atoms with Gasteiger partial charge in [0.2, 0.25) is 0 Å². The summed E-state index contributed by atoms with van der Waals surface area (Å²) in [4.78, 5) is 15.4. The minimum atomic E-state index is -0.911. The number of rotatable bonds is 5. The summed E-state index contributed by atoms with van der Waals surface area (Å²) in [6.45, 7) is 9.28. The first-order valence-electron chi connectivity index (χ1n) is 6.30. The van der Waals surface area contributed by atoms with Crippen LogP contribution >= 0.6 is 0 Å². The number of nitrogens with one attached hydrogen (secondary N) is 1. The van der Waals surface area contributed by atoms with E-state index in [9.17, 15) is 4.79 Å². The molecule has 0 aromatic carbocycles. The van der Waals surface area contributed by atoms with Crippen molar-refractivity contribution in [3.05, 3.63) is 23.4 Å². The van der Waals surface area contributed by atoms with Crippen molar-refractivity contribution in [3.8, 4) is 0 Å². The summed E-state index contributed by atoms with van der Waals surface area (Å²) in [5.74, 6) is -0.262. The number of carbonyl (C=O) groups is 1. The number of aryl methyl sites for hydroxylation is 1. The van der Waals surface area contributed by atoms with Gasteiger partial charge in [0.15, 0.2) is 0 Å². The zero-order valence-electron chi connectivity index (χ0n) is 11.6. The standard InChI is InChI=1S/C14H22N2O2/c1-5-11-8-10(13(17)18)9-12(16-11)15-7-6-14(2,3)4/h8-9H,5-7H2,1-4H3,(H,15,16)(H,17,18). The lowest BCUT2D eigenvalue weighted by Gasteiger charge is -2.18. The number of pyridine rings is 1. The largest absolute Gasteiger partial charge is 0.478 e. The van der Waals surface area contributed by atoms with E-state index in [1.165, 1.54) is 0 Å². The molecule has 0 radical (unpaired) electrons. The second kappa shape index (κ2) is 5.85. The van der Waals surface area contributed by atoms with Crippen LogP contribution in [0.25, 0.3) is 0 Å². The van der Waals surface area contributed by atoms with Crippen LogP contribution in [-0.4, -0.2) is 22.6 Å². The second-order valence-corrected chi connectivity index (χ2v) is 5.63. The van der Waals surface area contributed by atoms with Gasteiger partial charge >= 0.3 is 5.97 Å². The third-order valence-corrected chi connectivity index (χ3v) is 2.67. The van der Waals surface area contributed by atoms with Crippen molar-refractivity contribution >= 4 is 11.8 Å². The maximum absolute atomic E-state index is 11.0. The van der Waals surface area contributed by atoms with E-state index in [1.807, 2.05) is 6.92 Å². The fourth-order valence-corrected chi connectivity index (χ4v) is 1.55.